The van der Waals surface area contributed by atoms with Crippen molar-refractivity contribution in [3.8, 4) is 11.5 Å². The van der Waals surface area contributed by atoms with Crippen LogP contribution in [0.15, 0.2) is 53.4 Å². The molecule has 7 nitrogen and oxygen atoms in total. The van der Waals surface area contributed by atoms with Gasteiger partial charge in [0.2, 0.25) is 10.0 Å². The number of benzene rings is 2. The first-order chi connectivity index (χ1) is 11.7. The Morgan fingerprint density at radius 3 is 2.00 bits per heavy atom. The average molecular weight is 383 g/mol. The van der Waals surface area contributed by atoms with Crippen LogP contribution >= 0.6 is 0 Å². The smallest absolute Gasteiger partial charge is 0.229 e. The van der Waals surface area contributed by atoms with E-state index in [-0.39, 0.29) is 16.8 Å². The van der Waals surface area contributed by atoms with Crippen molar-refractivity contribution < 1.29 is 26.3 Å². The molecule has 0 aliphatic carbocycles. The van der Waals surface area contributed by atoms with Gasteiger partial charge in [-0.15, -0.1) is 0 Å². The molecule has 9 heteroatoms. The van der Waals surface area contributed by atoms with Gasteiger partial charge in [-0.1, -0.05) is 0 Å². The van der Waals surface area contributed by atoms with Gasteiger partial charge in [-0.3, -0.25) is 4.72 Å². The number of anilines is 1. The normalized spacial score (nSPS) is 17.1. The summed E-state index contributed by atoms with van der Waals surface area (Å²) in [7, 11) is -6.68. The van der Waals surface area contributed by atoms with Crippen LogP contribution in [0.25, 0.3) is 0 Å². The molecule has 1 fully saturated rings. The van der Waals surface area contributed by atoms with Crippen molar-refractivity contribution >= 4 is 25.5 Å². The van der Waals surface area contributed by atoms with Crippen molar-refractivity contribution in [3.05, 3.63) is 48.5 Å². The second-order valence-corrected chi connectivity index (χ2v) is 9.49. The number of epoxide rings is 1. The quantitative estimate of drug-likeness (QED) is 0.734. The summed E-state index contributed by atoms with van der Waals surface area (Å²) in [6.45, 7) is 0.491. The molecule has 25 heavy (non-hydrogen) atoms. The highest BCUT2D eigenvalue weighted by molar-refractivity contribution is 7.92. The predicted molar refractivity (Wildman–Crippen MR) is 93.2 cm³/mol. The highest BCUT2D eigenvalue weighted by atomic mass is 32.2. The largest absolute Gasteiger partial charge is 0.457 e. The molecule has 0 aromatic heterocycles. The zero-order valence-electron chi connectivity index (χ0n) is 13.4. The van der Waals surface area contributed by atoms with Gasteiger partial charge in [0.25, 0.3) is 0 Å². The summed E-state index contributed by atoms with van der Waals surface area (Å²) in [5.74, 6) is 0.966. The molecule has 1 atom stereocenters. The summed E-state index contributed by atoms with van der Waals surface area (Å²) in [6, 6.07) is 12.5. The Kier molecular flexibility index (Phi) is 4.72. The molecule has 1 heterocycles. The minimum atomic E-state index is -3.36. The summed E-state index contributed by atoms with van der Waals surface area (Å²) in [5.41, 5.74) is 0.429. The number of ether oxygens (including phenoxy) is 2. The Morgan fingerprint density at radius 2 is 1.52 bits per heavy atom. The van der Waals surface area contributed by atoms with Crippen molar-refractivity contribution in [1.82, 2.24) is 0 Å². The lowest BCUT2D eigenvalue weighted by Gasteiger charge is -2.08. The molecule has 0 spiro atoms. The topological polar surface area (TPSA) is 102 Å². The van der Waals surface area contributed by atoms with Crippen LogP contribution in [-0.4, -0.2) is 41.6 Å². The Bertz CT molecular complexity index is 947. The molecule has 2 aromatic rings. The number of hydrogen-bond donors (Lipinski definition) is 1. The van der Waals surface area contributed by atoms with Gasteiger partial charge >= 0.3 is 0 Å². The van der Waals surface area contributed by atoms with Crippen molar-refractivity contribution in [2.45, 2.75) is 11.0 Å². The van der Waals surface area contributed by atoms with Gasteiger partial charge in [-0.05, 0) is 48.5 Å². The van der Waals surface area contributed by atoms with Crippen LogP contribution in [0.3, 0.4) is 0 Å². The minimum Gasteiger partial charge on any atom is -0.457 e. The van der Waals surface area contributed by atoms with E-state index in [9.17, 15) is 16.8 Å². The third-order valence-corrected chi connectivity index (χ3v) is 5.79. The van der Waals surface area contributed by atoms with Crippen LogP contribution < -0.4 is 9.46 Å². The number of rotatable bonds is 7. The van der Waals surface area contributed by atoms with E-state index in [1.165, 1.54) is 12.1 Å². The molecular weight excluding hydrogens is 366 g/mol. The lowest BCUT2D eigenvalue weighted by atomic mass is 10.3. The predicted octanol–water partition coefficient (Wildman–Crippen LogP) is 2.02. The number of nitrogens with one attached hydrogen (secondary N) is 1. The number of hydrogen-bond acceptors (Lipinski definition) is 6. The van der Waals surface area contributed by atoms with Gasteiger partial charge in [-0.2, -0.15) is 0 Å². The van der Waals surface area contributed by atoms with Crippen LogP contribution in [-0.2, 0) is 24.6 Å². The van der Waals surface area contributed by atoms with E-state index in [1.54, 1.807) is 36.4 Å². The summed E-state index contributed by atoms with van der Waals surface area (Å²) < 4.78 is 59.5. The SMILES string of the molecule is CS(=O)(=O)Nc1ccc(Oc2ccc(S(=O)(=O)CC3CO3)cc2)cc1. The summed E-state index contributed by atoms with van der Waals surface area (Å²) in [5, 5.41) is 0. The molecule has 2 aromatic carbocycles. The van der Waals surface area contributed by atoms with Crippen molar-refractivity contribution in [2.24, 2.45) is 0 Å². The van der Waals surface area contributed by atoms with Crippen LogP contribution in [0.1, 0.15) is 0 Å². The van der Waals surface area contributed by atoms with Gasteiger partial charge in [0.15, 0.2) is 9.84 Å². The van der Waals surface area contributed by atoms with Gasteiger partial charge in [0.05, 0.1) is 29.6 Å². The maximum absolute atomic E-state index is 12.1. The third kappa shape index (κ3) is 5.18. The van der Waals surface area contributed by atoms with Crippen molar-refractivity contribution in [3.63, 3.8) is 0 Å². The van der Waals surface area contributed by atoms with Crippen LogP contribution in [0.5, 0.6) is 11.5 Å². The molecular formula is C16H17NO6S2. The fourth-order valence-corrected chi connectivity index (χ4v) is 4.15. The van der Waals surface area contributed by atoms with E-state index in [0.717, 1.165) is 6.26 Å². The van der Waals surface area contributed by atoms with Crippen LogP contribution in [0.2, 0.25) is 0 Å². The Labute approximate surface area is 146 Å². The number of sulfone groups is 1. The summed E-state index contributed by atoms with van der Waals surface area (Å²) in [4.78, 5) is 0.225. The van der Waals surface area contributed by atoms with Gasteiger partial charge < -0.3 is 9.47 Å². The van der Waals surface area contributed by atoms with E-state index in [2.05, 4.69) is 4.72 Å². The Balaban J connectivity index is 1.67. The maximum atomic E-state index is 12.1. The zero-order chi connectivity index (χ0) is 18.1. The molecule has 1 N–H and O–H groups in total. The first-order valence-corrected chi connectivity index (χ1v) is 11.0. The molecule has 0 bridgehead atoms. The van der Waals surface area contributed by atoms with E-state index < -0.39 is 19.9 Å². The highest BCUT2D eigenvalue weighted by Gasteiger charge is 2.30. The van der Waals surface area contributed by atoms with Gasteiger partial charge in [0, 0.05) is 5.69 Å². The van der Waals surface area contributed by atoms with Crippen LogP contribution in [0, 0.1) is 0 Å². The summed E-state index contributed by atoms with van der Waals surface area (Å²) in [6.07, 6.45) is 0.877. The molecule has 1 aliphatic rings. The van der Waals surface area contributed by atoms with Gasteiger partial charge in [0.1, 0.15) is 11.5 Å². The second-order valence-electron chi connectivity index (χ2n) is 5.71. The average Bonchev–Trinajstić information content (AvgIpc) is 3.32. The molecule has 0 amide bonds. The molecule has 1 aliphatic heterocycles. The monoisotopic (exact) mass is 383 g/mol. The molecule has 1 unspecified atom stereocenters. The molecule has 3 rings (SSSR count). The molecule has 0 saturated carbocycles. The Hall–Kier alpha value is -2.10. The zero-order valence-corrected chi connectivity index (χ0v) is 15.0. The summed E-state index contributed by atoms with van der Waals surface area (Å²) >= 11 is 0. The standard InChI is InChI=1S/C16H17NO6S2/c1-24(18,19)17-12-2-4-13(5-3-12)23-14-6-8-16(9-7-14)25(20,21)11-15-10-22-15/h2-9,15,17H,10-11H2,1H3. The minimum absolute atomic E-state index is 0.0119. The molecule has 134 valence electrons. The third-order valence-electron chi connectivity index (χ3n) is 3.38. The van der Waals surface area contributed by atoms with Crippen molar-refractivity contribution in [1.29, 1.82) is 0 Å². The fraction of sp³-hybridized carbons (Fsp3) is 0.250. The van der Waals surface area contributed by atoms with E-state index >= 15 is 0 Å². The first kappa shape index (κ1) is 17.7. The second kappa shape index (κ2) is 6.66. The lowest BCUT2D eigenvalue weighted by Crippen LogP contribution is -2.11. The van der Waals surface area contributed by atoms with Crippen molar-refractivity contribution in [2.75, 3.05) is 23.3 Å². The first-order valence-electron chi connectivity index (χ1n) is 7.41. The lowest BCUT2D eigenvalue weighted by molar-refractivity contribution is 0.422. The van der Waals surface area contributed by atoms with E-state index in [4.69, 9.17) is 9.47 Å². The van der Waals surface area contributed by atoms with Crippen LogP contribution in [0.4, 0.5) is 5.69 Å². The van der Waals surface area contributed by atoms with E-state index in [1.807, 2.05) is 0 Å². The molecule has 0 radical (unpaired) electrons. The number of sulfonamides is 1. The Morgan fingerprint density at radius 1 is 1.00 bits per heavy atom. The molecule has 1 saturated heterocycles. The fourth-order valence-electron chi connectivity index (χ4n) is 2.16. The van der Waals surface area contributed by atoms with E-state index in [0.29, 0.717) is 23.8 Å². The van der Waals surface area contributed by atoms with Gasteiger partial charge in [-0.25, -0.2) is 16.8 Å². The maximum Gasteiger partial charge on any atom is 0.229 e. The highest BCUT2D eigenvalue weighted by Crippen LogP contribution is 2.26.